The number of carbonyl (C=O) groups is 1. The largest absolute Gasteiger partial charge is 0.480 e. The van der Waals surface area contributed by atoms with Crippen LogP contribution in [0.1, 0.15) is 11.9 Å². The highest BCUT2D eigenvalue weighted by atomic mass is 79.9. The van der Waals surface area contributed by atoms with Gasteiger partial charge >= 0.3 is 0 Å². The molecule has 0 aliphatic carbocycles. The zero-order valence-corrected chi connectivity index (χ0v) is 15.9. The Balaban J connectivity index is 2.09. The fourth-order valence-electron chi connectivity index (χ4n) is 2.50. The fraction of sp³-hybridized carbons (Fsp3) is 0.357. The molecule has 2 N–H and O–H groups in total. The molecule has 0 spiro atoms. The second-order valence-corrected chi connectivity index (χ2v) is 6.65. The van der Waals surface area contributed by atoms with E-state index in [2.05, 4.69) is 36.8 Å². The Hall–Kier alpha value is -1.84. The number of methoxy groups -OCH3 is 1. The van der Waals surface area contributed by atoms with Crippen LogP contribution >= 0.6 is 27.5 Å². The maximum atomic E-state index is 12.0. The molecule has 1 unspecified atom stereocenters. The summed E-state index contributed by atoms with van der Waals surface area (Å²) in [4.78, 5) is 22.3. The zero-order valence-electron chi connectivity index (χ0n) is 13.5. The van der Waals surface area contributed by atoms with Crippen molar-refractivity contribution >= 4 is 50.3 Å². The molecule has 0 saturated carbocycles. The summed E-state index contributed by atoms with van der Waals surface area (Å²) in [7, 11) is 6.75. The SMILES string of the molecule is COc1nc2c(Br)c(C3N=C(C(=O)N(C)C)NN3)n(C)c2cc1Cl. The third-order valence-corrected chi connectivity index (χ3v) is 4.78. The predicted molar refractivity (Wildman–Crippen MR) is 95.1 cm³/mol. The highest BCUT2D eigenvalue weighted by molar-refractivity contribution is 9.10. The van der Waals surface area contributed by atoms with Crippen molar-refractivity contribution in [2.24, 2.45) is 12.0 Å². The molecule has 8 nitrogen and oxygen atoms in total. The number of hydrazine groups is 1. The molecular weight excluding hydrogens is 400 g/mol. The second-order valence-electron chi connectivity index (χ2n) is 5.45. The number of nitrogens with zero attached hydrogens (tertiary/aromatic N) is 4. The van der Waals surface area contributed by atoms with Crippen LogP contribution in [0.3, 0.4) is 0 Å². The Morgan fingerprint density at radius 2 is 2.21 bits per heavy atom. The molecule has 0 saturated heterocycles. The lowest BCUT2D eigenvalue weighted by atomic mass is 10.3. The van der Waals surface area contributed by atoms with Crippen LogP contribution in [-0.2, 0) is 11.8 Å². The smallest absolute Gasteiger partial charge is 0.289 e. The van der Waals surface area contributed by atoms with E-state index in [1.807, 2.05) is 11.6 Å². The summed E-state index contributed by atoms with van der Waals surface area (Å²) in [6, 6.07) is 1.79. The average molecular weight is 416 g/mol. The van der Waals surface area contributed by atoms with Crippen LogP contribution in [0.2, 0.25) is 5.02 Å². The normalized spacial score (nSPS) is 16.9. The summed E-state index contributed by atoms with van der Waals surface area (Å²) in [6.45, 7) is 0. The van der Waals surface area contributed by atoms with Gasteiger partial charge in [-0.1, -0.05) is 11.6 Å². The number of rotatable bonds is 3. The Morgan fingerprint density at radius 3 is 2.83 bits per heavy atom. The molecule has 3 rings (SSSR count). The molecule has 0 aromatic carbocycles. The Kier molecular flexibility index (Phi) is 4.41. The van der Waals surface area contributed by atoms with Gasteiger partial charge in [-0.3, -0.25) is 10.2 Å². The first-order valence-electron chi connectivity index (χ1n) is 7.04. The van der Waals surface area contributed by atoms with E-state index in [1.165, 1.54) is 12.0 Å². The summed E-state index contributed by atoms with van der Waals surface area (Å²) < 4.78 is 7.86. The van der Waals surface area contributed by atoms with Crippen molar-refractivity contribution in [3.8, 4) is 5.88 Å². The van der Waals surface area contributed by atoms with Gasteiger partial charge in [-0.25, -0.2) is 15.4 Å². The number of nitrogens with one attached hydrogen (secondary N) is 2. The van der Waals surface area contributed by atoms with Crippen LogP contribution in [0, 0.1) is 0 Å². The molecule has 1 amide bonds. The summed E-state index contributed by atoms with van der Waals surface area (Å²) >= 11 is 9.75. The second kappa shape index (κ2) is 6.23. The van der Waals surface area contributed by atoms with E-state index >= 15 is 0 Å². The number of likely N-dealkylation sites (N-methyl/N-ethyl adjacent to an activating group) is 1. The minimum Gasteiger partial charge on any atom is -0.480 e. The third kappa shape index (κ3) is 2.62. The molecule has 24 heavy (non-hydrogen) atoms. The first-order valence-corrected chi connectivity index (χ1v) is 8.21. The Morgan fingerprint density at radius 1 is 1.50 bits per heavy atom. The molecule has 1 aliphatic heterocycles. The highest BCUT2D eigenvalue weighted by Crippen LogP contribution is 2.37. The monoisotopic (exact) mass is 414 g/mol. The number of carbonyl (C=O) groups excluding carboxylic acids is 1. The number of halogens is 2. The van der Waals surface area contributed by atoms with Gasteiger partial charge in [0.05, 0.1) is 22.8 Å². The molecule has 3 heterocycles. The van der Waals surface area contributed by atoms with Crippen LogP contribution in [0.4, 0.5) is 0 Å². The quantitative estimate of drug-likeness (QED) is 0.795. The lowest BCUT2D eigenvalue weighted by Gasteiger charge is -2.10. The molecule has 0 bridgehead atoms. The van der Waals surface area contributed by atoms with Crippen LogP contribution in [0.5, 0.6) is 5.88 Å². The average Bonchev–Trinajstić information content (AvgIpc) is 3.10. The highest BCUT2D eigenvalue weighted by Gasteiger charge is 2.29. The first-order chi connectivity index (χ1) is 11.3. The predicted octanol–water partition coefficient (Wildman–Crippen LogP) is 1.59. The molecule has 0 radical (unpaired) electrons. The number of amides is 1. The minimum atomic E-state index is -0.442. The standard InChI is InChI=1S/C14H16BrClN6O2/c1-21(2)14(23)12-18-11(19-20-12)10-8(15)9-7(22(10)3)5-6(16)13(17-9)24-4/h5,11,19H,1-4H3,(H,18,20). The number of aryl methyl sites for hydroxylation is 1. The lowest BCUT2D eigenvalue weighted by molar-refractivity contribution is -0.121. The van der Waals surface area contributed by atoms with E-state index in [0.717, 1.165) is 15.7 Å². The van der Waals surface area contributed by atoms with Gasteiger partial charge in [-0.2, -0.15) is 0 Å². The van der Waals surface area contributed by atoms with Gasteiger partial charge in [0, 0.05) is 21.1 Å². The van der Waals surface area contributed by atoms with Crippen LogP contribution in [0.25, 0.3) is 11.0 Å². The van der Waals surface area contributed by atoms with Crippen molar-refractivity contribution in [3.05, 3.63) is 21.3 Å². The molecule has 2 aromatic rings. The van der Waals surface area contributed by atoms with Gasteiger partial charge in [0.2, 0.25) is 11.7 Å². The van der Waals surface area contributed by atoms with Crippen molar-refractivity contribution in [2.45, 2.75) is 6.17 Å². The summed E-state index contributed by atoms with van der Waals surface area (Å²) in [6.07, 6.45) is -0.442. The number of aliphatic imine (C=N–C) groups is 1. The number of hydrogen-bond acceptors (Lipinski definition) is 6. The fourth-order valence-corrected chi connectivity index (χ4v) is 3.50. The maximum absolute atomic E-state index is 12.0. The lowest BCUT2D eigenvalue weighted by Crippen LogP contribution is -2.41. The van der Waals surface area contributed by atoms with Crippen LogP contribution in [0.15, 0.2) is 15.5 Å². The molecular formula is C14H16BrClN6O2. The van der Waals surface area contributed by atoms with Crippen molar-refractivity contribution in [2.75, 3.05) is 21.2 Å². The molecule has 1 atom stereocenters. The number of fused-ring (bicyclic) bond motifs is 1. The molecule has 1 aliphatic rings. The van der Waals surface area contributed by atoms with Crippen LogP contribution in [-0.4, -0.2) is 47.4 Å². The Labute approximate surface area is 151 Å². The van der Waals surface area contributed by atoms with Gasteiger partial charge in [0.1, 0.15) is 10.5 Å². The molecule has 0 fully saturated rings. The molecule has 10 heteroatoms. The topological polar surface area (TPSA) is 83.8 Å². The number of pyridine rings is 1. The zero-order chi connectivity index (χ0) is 17.6. The summed E-state index contributed by atoms with van der Waals surface area (Å²) in [5.41, 5.74) is 8.17. The number of ether oxygens (including phenoxy) is 1. The van der Waals surface area contributed by atoms with Gasteiger partial charge in [0.15, 0.2) is 6.17 Å². The van der Waals surface area contributed by atoms with E-state index in [0.29, 0.717) is 16.4 Å². The van der Waals surface area contributed by atoms with E-state index in [-0.39, 0.29) is 11.7 Å². The minimum absolute atomic E-state index is 0.206. The van der Waals surface area contributed by atoms with Gasteiger partial charge in [-0.05, 0) is 22.0 Å². The first kappa shape index (κ1) is 17.0. The summed E-state index contributed by atoms with van der Waals surface area (Å²) in [5, 5.41) is 0.425. The van der Waals surface area contributed by atoms with E-state index in [9.17, 15) is 4.79 Å². The van der Waals surface area contributed by atoms with Gasteiger partial charge < -0.3 is 14.2 Å². The Bertz CT molecular complexity index is 863. The number of hydrogen-bond donors (Lipinski definition) is 2. The number of aromatic nitrogens is 2. The maximum Gasteiger partial charge on any atom is 0.289 e. The number of amidine groups is 1. The van der Waals surface area contributed by atoms with Gasteiger partial charge in [-0.15, -0.1) is 0 Å². The van der Waals surface area contributed by atoms with Crippen molar-refractivity contribution in [3.63, 3.8) is 0 Å². The van der Waals surface area contributed by atoms with Gasteiger partial charge in [0.25, 0.3) is 5.91 Å². The van der Waals surface area contributed by atoms with E-state index in [4.69, 9.17) is 16.3 Å². The third-order valence-electron chi connectivity index (χ3n) is 3.73. The van der Waals surface area contributed by atoms with E-state index < -0.39 is 6.17 Å². The molecule has 2 aromatic heterocycles. The van der Waals surface area contributed by atoms with Crippen molar-refractivity contribution in [1.29, 1.82) is 0 Å². The molecule has 128 valence electrons. The van der Waals surface area contributed by atoms with Crippen molar-refractivity contribution < 1.29 is 9.53 Å². The van der Waals surface area contributed by atoms with Crippen molar-refractivity contribution in [1.82, 2.24) is 25.3 Å². The summed E-state index contributed by atoms with van der Waals surface area (Å²) in [5.74, 6) is 0.403. The van der Waals surface area contributed by atoms with Crippen LogP contribution < -0.4 is 15.6 Å². The van der Waals surface area contributed by atoms with E-state index in [1.54, 1.807) is 20.2 Å².